The molecule has 0 saturated carbocycles. The van der Waals surface area contributed by atoms with Crippen LogP contribution in [0.3, 0.4) is 0 Å². The van der Waals surface area contributed by atoms with Crippen LogP contribution < -0.4 is 15.8 Å². The van der Waals surface area contributed by atoms with Crippen LogP contribution >= 0.6 is 11.3 Å². The highest BCUT2D eigenvalue weighted by Gasteiger charge is 2.26. The molecular weight excluding hydrogens is 386 g/mol. The first-order valence-electron chi connectivity index (χ1n) is 9.63. The fraction of sp³-hybridized carbons (Fsp3) is 0.318. The second-order valence-electron chi connectivity index (χ2n) is 7.40. The molecule has 1 aliphatic heterocycles. The van der Waals surface area contributed by atoms with Crippen LogP contribution in [0.25, 0.3) is 6.08 Å². The third kappa shape index (κ3) is 3.76. The van der Waals surface area contributed by atoms with Gasteiger partial charge in [0.05, 0.1) is 5.56 Å². The van der Waals surface area contributed by atoms with Gasteiger partial charge < -0.3 is 15.8 Å². The van der Waals surface area contributed by atoms with Gasteiger partial charge in [0.25, 0.3) is 11.8 Å². The van der Waals surface area contributed by atoms with Crippen LogP contribution in [0.15, 0.2) is 23.8 Å². The summed E-state index contributed by atoms with van der Waals surface area (Å²) < 4.78 is 5.69. The van der Waals surface area contributed by atoms with Crippen molar-refractivity contribution in [2.24, 2.45) is 5.73 Å². The van der Waals surface area contributed by atoms with Crippen LogP contribution in [0.4, 0.5) is 5.00 Å². The molecule has 0 radical (unpaired) electrons. The van der Waals surface area contributed by atoms with Crippen LogP contribution in [0.1, 0.15) is 51.7 Å². The quantitative estimate of drug-likeness (QED) is 0.597. The lowest BCUT2D eigenvalue weighted by atomic mass is 9.95. The predicted octanol–water partition coefficient (Wildman–Crippen LogP) is 3.59. The number of carbonyl (C=O) groups is 2. The normalized spacial score (nSPS) is 17.7. The average Bonchev–Trinajstić information content (AvgIpc) is 3.24. The molecule has 0 unspecified atom stereocenters. The molecule has 2 aromatic rings. The summed E-state index contributed by atoms with van der Waals surface area (Å²) in [5, 5.41) is 12.7. The number of fused-ring (bicyclic) bond motifs is 2. The molecule has 2 amide bonds. The molecule has 0 bridgehead atoms. The average molecular weight is 407 g/mol. The Kier molecular flexibility index (Phi) is 5.12. The standard InChI is InChI=1S/C22H21N3O3S/c1-12-8-14-9-13(6-7-17(14)28-12)10-15(11-23)21(27)25-22-19(20(24)26)16-4-2-3-5-18(16)29-22/h6-7,9-10,12H,2-5,8H2,1H3,(H2,24,26)(H,25,27)/b15-10-/t12-/m0/s1. The van der Waals surface area contributed by atoms with Crippen LogP contribution in [-0.2, 0) is 24.1 Å². The lowest BCUT2D eigenvalue weighted by molar-refractivity contribution is -0.112. The van der Waals surface area contributed by atoms with Crippen molar-refractivity contribution in [2.75, 3.05) is 5.32 Å². The Morgan fingerprint density at radius 3 is 2.90 bits per heavy atom. The Balaban J connectivity index is 1.60. The minimum Gasteiger partial charge on any atom is -0.490 e. The molecular formula is C22H21N3O3S. The smallest absolute Gasteiger partial charge is 0.266 e. The molecule has 1 aromatic carbocycles. The van der Waals surface area contributed by atoms with Crippen LogP contribution in [-0.4, -0.2) is 17.9 Å². The van der Waals surface area contributed by atoms with Crippen molar-refractivity contribution in [1.29, 1.82) is 5.26 Å². The van der Waals surface area contributed by atoms with E-state index < -0.39 is 11.8 Å². The number of benzene rings is 1. The summed E-state index contributed by atoms with van der Waals surface area (Å²) in [7, 11) is 0. The number of nitrogens with one attached hydrogen (secondary N) is 1. The molecule has 3 N–H and O–H groups in total. The molecule has 2 aliphatic rings. The molecule has 29 heavy (non-hydrogen) atoms. The van der Waals surface area contributed by atoms with Gasteiger partial charge in [0, 0.05) is 11.3 Å². The number of aryl methyl sites for hydroxylation is 1. The minimum absolute atomic E-state index is 0.0290. The highest BCUT2D eigenvalue weighted by atomic mass is 32.1. The van der Waals surface area contributed by atoms with Gasteiger partial charge in [-0.1, -0.05) is 6.07 Å². The number of amides is 2. The molecule has 6 nitrogen and oxygen atoms in total. The maximum absolute atomic E-state index is 12.7. The zero-order chi connectivity index (χ0) is 20.5. The molecule has 2 heterocycles. The summed E-state index contributed by atoms with van der Waals surface area (Å²) in [6.07, 6.45) is 6.21. The first kappa shape index (κ1) is 19.2. The van der Waals surface area contributed by atoms with Crippen molar-refractivity contribution < 1.29 is 14.3 Å². The molecule has 4 rings (SSSR count). The van der Waals surface area contributed by atoms with Crippen LogP contribution in [0.5, 0.6) is 5.75 Å². The summed E-state index contributed by atoms with van der Waals surface area (Å²) in [5.41, 5.74) is 8.70. The van der Waals surface area contributed by atoms with Gasteiger partial charge in [-0.05, 0) is 67.5 Å². The lowest BCUT2D eigenvalue weighted by Gasteiger charge is -2.11. The largest absolute Gasteiger partial charge is 0.490 e. The Labute approximate surface area is 173 Å². The van der Waals surface area contributed by atoms with E-state index in [1.165, 1.54) is 11.3 Å². The topological polar surface area (TPSA) is 105 Å². The Morgan fingerprint density at radius 2 is 2.14 bits per heavy atom. The van der Waals surface area contributed by atoms with Gasteiger partial charge in [-0.25, -0.2) is 0 Å². The van der Waals surface area contributed by atoms with Gasteiger partial charge in [-0.2, -0.15) is 5.26 Å². The van der Waals surface area contributed by atoms with E-state index in [2.05, 4.69) is 5.32 Å². The maximum Gasteiger partial charge on any atom is 0.266 e. The molecule has 1 aromatic heterocycles. The maximum atomic E-state index is 12.7. The summed E-state index contributed by atoms with van der Waals surface area (Å²) in [6, 6.07) is 7.57. The van der Waals surface area contributed by atoms with Crippen molar-refractivity contribution in [1.82, 2.24) is 0 Å². The van der Waals surface area contributed by atoms with Gasteiger partial charge in [-0.3, -0.25) is 9.59 Å². The van der Waals surface area contributed by atoms with Crippen LogP contribution in [0.2, 0.25) is 0 Å². The number of anilines is 1. The van der Waals surface area contributed by atoms with E-state index >= 15 is 0 Å². The van der Waals surface area contributed by atoms with Gasteiger partial charge in [-0.15, -0.1) is 11.3 Å². The SMILES string of the molecule is C[C@H]1Cc2cc(/C=C(/C#N)C(=O)Nc3sc4c(c3C(N)=O)CCCC4)ccc2O1. The highest BCUT2D eigenvalue weighted by molar-refractivity contribution is 7.17. The molecule has 148 valence electrons. The first-order chi connectivity index (χ1) is 14.0. The second-order valence-corrected chi connectivity index (χ2v) is 8.51. The number of nitriles is 1. The number of rotatable bonds is 4. The Morgan fingerprint density at radius 1 is 1.34 bits per heavy atom. The Bertz CT molecular complexity index is 1080. The van der Waals surface area contributed by atoms with Gasteiger partial charge in [0.1, 0.15) is 28.5 Å². The molecule has 1 atom stereocenters. The van der Waals surface area contributed by atoms with Gasteiger partial charge >= 0.3 is 0 Å². The van der Waals surface area contributed by atoms with E-state index in [9.17, 15) is 14.9 Å². The number of primary amides is 1. The minimum atomic E-state index is -0.546. The second kappa shape index (κ2) is 7.72. The fourth-order valence-electron chi connectivity index (χ4n) is 3.93. The first-order valence-corrected chi connectivity index (χ1v) is 10.4. The zero-order valence-electron chi connectivity index (χ0n) is 16.1. The van der Waals surface area contributed by atoms with Crippen molar-refractivity contribution in [3.05, 3.63) is 50.9 Å². The third-order valence-electron chi connectivity index (χ3n) is 5.24. The number of carbonyl (C=O) groups excluding carboxylic acids is 2. The number of thiophene rings is 1. The highest BCUT2D eigenvalue weighted by Crippen LogP contribution is 2.38. The van der Waals surface area contributed by atoms with Crippen molar-refractivity contribution in [3.8, 4) is 11.8 Å². The third-order valence-corrected chi connectivity index (χ3v) is 6.45. The van der Waals surface area contributed by atoms with E-state index in [-0.39, 0.29) is 11.7 Å². The van der Waals surface area contributed by atoms with Crippen LogP contribution in [0, 0.1) is 11.3 Å². The summed E-state index contributed by atoms with van der Waals surface area (Å²) in [4.78, 5) is 25.8. The lowest BCUT2D eigenvalue weighted by Crippen LogP contribution is -2.19. The van der Waals surface area contributed by atoms with Crippen molar-refractivity contribution >= 4 is 34.2 Å². The van der Waals surface area contributed by atoms with E-state index in [0.717, 1.165) is 59.4 Å². The summed E-state index contributed by atoms with van der Waals surface area (Å²) in [6.45, 7) is 2.00. The number of hydrogen-bond donors (Lipinski definition) is 2. The summed E-state index contributed by atoms with van der Waals surface area (Å²) in [5.74, 6) is -0.249. The number of ether oxygens (including phenoxy) is 1. The molecule has 7 heteroatoms. The van der Waals surface area contributed by atoms with Gasteiger partial charge in [0.15, 0.2) is 0 Å². The monoisotopic (exact) mass is 407 g/mol. The molecule has 0 spiro atoms. The summed E-state index contributed by atoms with van der Waals surface area (Å²) >= 11 is 1.38. The molecule has 1 aliphatic carbocycles. The zero-order valence-corrected chi connectivity index (χ0v) is 16.9. The van der Waals surface area contributed by atoms with E-state index in [1.54, 1.807) is 6.08 Å². The van der Waals surface area contributed by atoms with E-state index in [0.29, 0.717) is 10.6 Å². The molecule has 0 saturated heterocycles. The van der Waals surface area contributed by atoms with E-state index in [4.69, 9.17) is 10.5 Å². The Hall–Kier alpha value is -3.11. The molecule has 0 fully saturated rings. The van der Waals surface area contributed by atoms with Crippen molar-refractivity contribution in [3.63, 3.8) is 0 Å². The predicted molar refractivity (Wildman–Crippen MR) is 112 cm³/mol. The fourth-order valence-corrected chi connectivity index (χ4v) is 5.22. The number of nitrogens with zero attached hydrogens (tertiary/aromatic N) is 1. The number of nitrogens with two attached hydrogens (primary N) is 1. The number of hydrogen-bond acceptors (Lipinski definition) is 5. The van der Waals surface area contributed by atoms with Gasteiger partial charge in [0.2, 0.25) is 0 Å². The van der Waals surface area contributed by atoms with Crippen molar-refractivity contribution in [2.45, 2.75) is 45.1 Å². The van der Waals surface area contributed by atoms with E-state index in [1.807, 2.05) is 31.2 Å².